The molecule has 0 amide bonds. The highest BCUT2D eigenvalue weighted by Gasteiger charge is 2.09. The molecule has 0 aliphatic carbocycles. The van der Waals surface area contributed by atoms with Crippen molar-refractivity contribution in [2.45, 2.75) is 6.42 Å². The number of alkyl halides is 1. The molecule has 1 aromatic carbocycles. The van der Waals surface area contributed by atoms with Crippen molar-refractivity contribution in [3.8, 4) is 11.5 Å². The molecule has 0 aliphatic rings. The van der Waals surface area contributed by atoms with Gasteiger partial charge < -0.3 is 14.9 Å². The summed E-state index contributed by atoms with van der Waals surface area (Å²) in [5.74, 6) is -0.882. The molecule has 1 rings (SSSR count). The van der Waals surface area contributed by atoms with Gasteiger partial charge in [0.25, 0.3) is 0 Å². The molecule has 82 valence electrons. The molecule has 0 atom stereocenters. The lowest BCUT2D eigenvalue weighted by Gasteiger charge is -2.04. The third kappa shape index (κ3) is 3.79. The first-order valence-electron chi connectivity index (χ1n) is 4.39. The van der Waals surface area contributed by atoms with E-state index in [-0.39, 0.29) is 17.1 Å². The van der Waals surface area contributed by atoms with E-state index in [1.807, 2.05) is 0 Å². The van der Waals surface area contributed by atoms with Crippen LogP contribution in [0.4, 0.5) is 0 Å². The normalized spacial score (nSPS) is 9.93. The van der Waals surface area contributed by atoms with Crippen LogP contribution in [0.2, 0.25) is 0 Å². The molecule has 0 fully saturated rings. The first-order chi connectivity index (χ1) is 7.13. The predicted octanol–water partition coefficient (Wildman–Crippen LogP) is 2.04. The van der Waals surface area contributed by atoms with Gasteiger partial charge in [0.05, 0.1) is 12.2 Å². The summed E-state index contributed by atoms with van der Waals surface area (Å²) in [4.78, 5) is 11.4. The molecule has 5 heteroatoms. The Morgan fingerprint density at radius 1 is 1.27 bits per heavy atom. The van der Waals surface area contributed by atoms with E-state index in [0.29, 0.717) is 6.61 Å². The molecule has 0 saturated heterocycles. The Morgan fingerprint density at radius 3 is 2.40 bits per heavy atom. The summed E-state index contributed by atoms with van der Waals surface area (Å²) in [6.07, 6.45) is 0.719. The first-order valence-corrected chi connectivity index (χ1v) is 5.51. The number of phenols is 2. The quantitative estimate of drug-likeness (QED) is 0.501. The number of benzene rings is 1. The van der Waals surface area contributed by atoms with Crippen molar-refractivity contribution in [1.82, 2.24) is 0 Å². The monoisotopic (exact) mass is 274 g/mol. The first kappa shape index (κ1) is 11.8. The summed E-state index contributed by atoms with van der Waals surface area (Å²) in [5.41, 5.74) is 0.141. The molecule has 4 nitrogen and oxygen atoms in total. The maximum absolute atomic E-state index is 11.4. The van der Waals surface area contributed by atoms with Gasteiger partial charge >= 0.3 is 5.97 Å². The Balaban J connectivity index is 2.65. The molecule has 0 aromatic heterocycles. The third-order valence-corrected chi connectivity index (χ3v) is 2.21. The summed E-state index contributed by atoms with van der Waals surface area (Å²) < 4.78 is 4.89. The van der Waals surface area contributed by atoms with Gasteiger partial charge in [0.15, 0.2) is 0 Å². The number of carbonyl (C=O) groups is 1. The second-order valence-electron chi connectivity index (χ2n) is 2.92. The standard InChI is InChI=1S/C10H11BrO4/c11-2-1-3-15-10(14)7-4-8(12)6-9(13)5-7/h4-6,12-13H,1-3H2. The fourth-order valence-electron chi connectivity index (χ4n) is 1.02. The van der Waals surface area contributed by atoms with E-state index in [1.54, 1.807) is 0 Å². The third-order valence-electron chi connectivity index (χ3n) is 1.65. The van der Waals surface area contributed by atoms with Gasteiger partial charge in [-0.1, -0.05) is 15.9 Å². The minimum atomic E-state index is -0.554. The van der Waals surface area contributed by atoms with E-state index in [9.17, 15) is 4.79 Å². The fraction of sp³-hybridized carbons (Fsp3) is 0.300. The molecule has 0 spiro atoms. The van der Waals surface area contributed by atoms with Crippen LogP contribution in [0.1, 0.15) is 16.8 Å². The van der Waals surface area contributed by atoms with Crippen LogP contribution >= 0.6 is 15.9 Å². The number of rotatable bonds is 4. The van der Waals surface area contributed by atoms with E-state index in [4.69, 9.17) is 14.9 Å². The van der Waals surface area contributed by atoms with Crippen LogP contribution in [-0.2, 0) is 4.74 Å². The highest BCUT2D eigenvalue weighted by atomic mass is 79.9. The number of carbonyl (C=O) groups excluding carboxylic acids is 1. The molecule has 0 heterocycles. The van der Waals surface area contributed by atoms with Gasteiger partial charge in [0.2, 0.25) is 0 Å². The Kier molecular flexibility index (Phi) is 4.42. The number of hydrogen-bond donors (Lipinski definition) is 2. The maximum atomic E-state index is 11.4. The molecule has 0 bridgehead atoms. The van der Waals surface area contributed by atoms with E-state index in [2.05, 4.69) is 15.9 Å². The molecule has 0 saturated carbocycles. The Bertz CT molecular complexity index is 331. The highest BCUT2D eigenvalue weighted by molar-refractivity contribution is 9.09. The van der Waals surface area contributed by atoms with Crippen LogP contribution in [0.3, 0.4) is 0 Å². The maximum Gasteiger partial charge on any atom is 0.338 e. The van der Waals surface area contributed by atoms with Crippen LogP contribution in [0, 0.1) is 0 Å². The number of hydrogen-bond acceptors (Lipinski definition) is 4. The van der Waals surface area contributed by atoms with Crippen LogP contribution in [0.15, 0.2) is 18.2 Å². The molecule has 0 aliphatic heterocycles. The lowest BCUT2D eigenvalue weighted by Crippen LogP contribution is -2.06. The van der Waals surface area contributed by atoms with Crippen LogP contribution in [0.25, 0.3) is 0 Å². The Labute approximate surface area is 95.6 Å². The van der Waals surface area contributed by atoms with Crippen molar-refractivity contribution < 1.29 is 19.7 Å². The van der Waals surface area contributed by atoms with Gasteiger partial charge in [-0.25, -0.2) is 4.79 Å². The summed E-state index contributed by atoms with van der Waals surface area (Å²) in [6.45, 7) is 0.306. The van der Waals surface area contributed by atoms with Gasteiger partial charge in [-0.2, -0.15) is 0 Å². The van der Waals surface area contributed by atoms with Crippen molar-refractivity contribution in [2.24, 2.45) is 0 Å². The van der Waals surface area contributed by atoms with Gasteiger partial charge in [-0.3, -0.25) is 0 Å². The number of esters is 1. The SMILES string of the molecule is O=C(OCCCBr)c1cc(O)cc(O)c1. The van der Waals surface area contributed by atoms with Gasteiger partial charge in [-0.15, -0.1) is 0 Å². The second-order valence-corrected chi connectivity index (χ2v) is 3.71. The van der Waals surface area contributed by atoms with E-state index < -0.39 is 5.97 Å². The van der Waals surface area contributed by atoms with E-state index in [1.165, 1.54) is 12.1 Å². The van der Waals surface area contributed by atoms with Crippen LogP contribution in [0.5, 0.6) is 11.5 Å². The number of halogens is 1. The Hall–Kier alpha value is -1.23. The minimum absolute atomic E-state index is 0.141. The molecular formula is C10H11BrO4. The van der Waals surface area contributed by atoms with Gasteiger partial charge in [0.1, 0.15) is 11.5 Å². The zero-order valence-corrected chi connectivity index (χ0v) is 9.53. The summed E-state index contributed by atoms with van der Waals surface area (Å²) in [7, 11) is 0. The molecule has 0 unspecified atom stereocenters. The number of ether oxygens (including phenoxy) is 1. The molecule has 0 radical (unpaired) electrons. The van der Waals surface area contributed by atoms with Crippen LogP contribution < -0.4 is 0 Å². The zero-order chi connectivity index (χ0) is 11.3. The van der Waals surface area contributed by atoms with E-state index in [0.717, 1.165) is 17.8 Å². The van der Waals surface area contributed by atoms with Crippen LogP contribution in [-0.4, -0.2) is 28.1 Å². The smallest absolute Gasteiger partial charge is 0.338 e. The van der Waals surface area contributed by atoms with Crippen molar-refractivity contribution in [2.75, 3.05) is 11.9 Å². The van der Waals surface area contributed by atoms with Gasteiger partial charge in [0, 0.05) is 11.4 Å². The topological polar surface area (TPSA) is 66.8 Å². The minimum Gasteiger partial charge on any atom is -0.508 e. The number of aromatic hydroxyl groups is 2. The largest absolute Gasteiger partial charge is 0.508 e. The van der Waals surface area contributed by atoms with E-state index >= 15 is 0 Å². The molecule has 1 aromatic rings. The van der Waals surface area contributed by atoms with Crippen molar-refractivity contribution in [3.05, 3.63) is 23.8 Å². The number of phenolic OH excluding ortho intramolecular Hbond substituents is 2. The predicted molar refractivity (Wildman–Crippen MR) is 58.5 cm³/mol. The average molecular weight is 275 g/mol. The molecule has 15 heavy (non-hydrogen) atoms. The average Bonchev–Trinajstić information content (AvgIpc) is 2.16. The summed E-state index contributed by atoms with van der Waals surface area (Å²) in [5, 5.41) is 19.0. The second kappa shape index (κ2) is 5.60. The summed E-state index contributed by atoms with van der Waals surface area (Å²) in [6, 6.07) is 3.64. The zero-order valence-electron chi connectivity index (χ0n) is 7.94. The van der Waals surface area contributed by atoms with Crippen molar-refractivity contribution in [1.29, 1.82) is 0 Å². The van der Waals surface area contributed by atoms with Crippen molar-refractivity contribution >= 4 is 21.9 Å². The van der Waals surface area contributed by atoms with Crippen molar-refractivity contribution in [3.63, 3.8) is 0 Å². The highest BCUT2D eigenvalue weighted by Crippen LogP contribution is 2.20. The van der Waals surface area contributed by atoms with Gasteiger partial charge in [-0.05, 0) is 18.6 Å². The molecular weight excluding hydrogens is 264 g/mol. The Morgan fingerprint density at radius 2 is 1.87 bits per heavy atom. The fourth-order valence-corrected chi connectivity index (χ4v) is 1.24. The summed E-state index contributed by atoms with van der Waals surface area (Å²) >= 11 is 3.21. The molecule has 2 N–H and O–H groups in total. The lowest BCUT2D eigenvalue weighted by atomic mass is 10.2. The lowest BCUT2D eigenvalue weighted by molar-refractivity contribution is 0.0505.